The molecule has 23 heavy (non-hydrogen) atoms. The number of carbonyl (C=O) groups excluding carboxylic acids is 2. The molecule has 1 amide bonds. The van der Waals surface area contributed by atoms with Crippen LogP contribution in [-0.4, -0.2) is 39.3 Å². The highest BCUT2D eigenvalue weighted by Gasteiger charge is 2.41. The van der Waals surface area contributed by atoms with E-state index in [9.17, 15) is 19.5 Å². The molecule has 0 spiro atoms. The van der Waals surface area contributed by atoms with Gasteiger partial charge in [0.1, 0.15) is 0 Å². The normalized spacial score (nSPS) is 17.7. The number of hydrogen-bond donors (Lipinski definition) is 2. The zero-order chi connectivity index (χ0) is 17.1. The van der Waals surface area contributed by atoms with Gasteiger partial charge in [-0.25, -0.2) is 0 Å². The maximum absolute atomic E-state index is 12.3. The summed E-state index contributed by atoms with van der Waals surface area (Å²) in [7, 11) is 0. The highest BCUT2D eigenvalue weighted by Crippen LogP contribution is 2.38. The van der Waals surface area contributed by atoms with Crippen molar-refractivity contribution >= 4 is 33.6 Å². The molecule has 2 rings (SSSR count). The molecule has 1 aliphatic heterocycles. The SMILES string of the molecule is CC(=O)C1=C(O)C(=O)N(CCCC(=O)O)[C@@H]1c1ccc(Br)cc1. The minimum Gasteiger partial charge on any atom is -0.503 e. The van der Waals surface area contributed by atoms with Crippen LogP contribution in [0.25, 0.3) is 0 Å². The number of nitrogens with zero attached hydrogens (tertiary/aromatic N) is 1. The Bertz CT molecular complexity index is 680. The van der Waals surface area contributed by atoms with E-state index in [0.717, 1.165) is 4.47 Å². The van der Waals surface area contributed by atoms with Crippen molar-refractivity contribution < 1.29 is 24.6 Å². The van der Waals surface area contributed by atoms with Crippen molar-refractivity contribution in [3.05, 3.63) is 45.6 Å². The molecule has 1 heterocycles. The van der Waals surface area contributed by atoms with Crippen LogP contribution in [0.3, 0.4) is 0 Å². The van der Waals surface area contributed by atoms with Gasteiger partial charge in [0.05, 0.1) is 11.6 Å². The summed E-state index contributed by atoms with van der Waals surface area (Å²) in [6.07, 6.45) is 0.152. The van der Waals surface area contributed by atoms with E-state index in [2.05, 4.69) is 15.9 Å². The maximum Gasteiger partial charge on any atom is 0.303 e. The zero-order valence-electron chi connectivity index (χ0n) is 12.5. The van der Waals surface area contributed by atoms with Crippen molar-refractivity contribution in [3.8, 4) is 0 Å². The first-order chi connectivity index (χ1) is 10.8. The lowest BCUT2D eigenvalue weighted by atomic mass is 9.97. The summed E-state index contributed by atoms with van der Waals surface area (Å²) in [4.78, 5) is 36.1. The summed E-state index contributed by atoms with van der Waals surface area (Å²) < 4.78 is 0.848. The second-order valence-electron chi connectivity index (χ2n) is 5.27. The van der Waals surface area contributed by atoms with E-state index < -0.39 is 23.7 Å². The first-order valence-corrected chi connectivity index (χ1v) is 7.84. The Labute approximate surface area is 141 Å². The van der Waals surface area contributed by atoms with Crippen LogP contribution in [0.5, 0.6) is 0 Å². The maximum atomic E-state index is 12.3. The van der Waals surface area contributed by atoms with E-state index in [1.165, 1.54) is 11.8 Å². The number of aliphatic hydroxyl groups excluding tert-OH is 1. The molecule has 0 fully saturated rings. The molecule has 1 atom stereocenters. The Hall–Kier alpha value is -2.15. The molecule has 0 saturated carbocycles. The van der Waals surface area contributed by atoms with Crippen LogP contribution >= 0.6 is 15.9 Å². The van der Waals surface area contributed by atoms with E-state index >= 15 is 0 Å². The van der Waals surface area contributed by atoms with Gasteiger partial charge in [-0.2, -0.15) is 0 Å². The van der Waals surface area contributed by atoms with Gasteiger partial charge in [0, 0.05) is 17.4 Å². The van der Waals surface area contributed by atoms with Crippen molar-refractivity contribution in [1.29, 1.82) is 0 Å². The number of Topliss-reactive ketones (excluding diaryl/α,β-unsaturated/α-hetero) is 1. The Morgan fingerprint density at radius 3 is 2.39 bits per heavy atom. The Morgan fingerprint density at radius 1 is 1.26 bits per heavy atom. The fourth-order valence-electron chi connectivity index (χ4n) is 2.64. The predicted molar refractivity (Wildman–Crippen MR) is 85.8 cm³/mol. The topological polar surface area (TPSA) is 94.9 Å². The molecule has 0 unspecified atom stereocenters. The van der Waals surface area contributed by atoms with Crippen molar-refractivity contribution in [2.75, 3.05) is 6.54 Å². The summed E-state index contributed by atoms with van der Waals surface area (Å²) in [5.41, 5.74) is 0.735. The van der Waals surface area contributed by atoms with Gasteiger partial charge in [0.15, 0.2) is 11.5 Å². The van der Waals surface area contributed by atoms with Crippen LogP contribution in [0.1, 0.15) is 31.4 Å². The summed E-state index contributed by atoms with van der Waals surface area (Å²) in [6, 6.07) is 6.38. The highest BCUT2D eigenvalue weighted by molar-refractivity contribution is 9.10. The number of carboxylic acids is 1. The fraction of sp³-hybridized carbons (Fsp3) is 0.312. The molecule has 0 aromatic heterocycles. The third-order valence-corrected chi connectivity index (χ3v) is 4.19. The van der Waals surface area contributed by atoms with E-state index in [0.29, 0.717) is 5.56 Å². The van der Waals surface area contributed by atoms with Gasteiger partial charge in [-0.05, 0) is 31.0 Å². The smallest absolute Gasteiger partial charge is 0.303 e. The second kappa shape index (κ2) is 6.95. The summed E-state index contributed by atoms with van der Waals surface area (Å²) >= 11 is 3.32. The van der Waals surface area contributed by atoms with Gasteiger partial charge in [-0.3, -0.25) is 14.4 Å². The number of amides is 1. The fourth-order valence-corrected chi connectivity index (χ4v) is 2.90. The van der Waals surface area contributed by atoms with E-state index in [1.54, 1.807) is 24.3 Å². The Balaban J connectivity index is 2.36. The quantitative estimate of drug-likeness (QED) is 0.789. The van der Waals surface area contributed by atoms with Crippen LogP contribution in [0.4, 0.5) is 0 Å². The molecule has 0 aliphatic carbocycles. The standard InChI is InChI=1S/C16H16BrNO5/c1-9(19)13-14(10-4-6-11(17)7-5-10)18(16(23)15(13)22)8-2-3-12(20)21/h4-7,14,22H,2-3,8H2,1H3,(H,20,21)/t14-/m1/s1. The van der Waals surface area contributed by atoms with Gasteiger partial charge in [-0.15, -0.1) is 0 Å². The van der Waals surface area contributed by atoms with Crippen LogP contribution in [0, 0.1) is 0 Å². The van der Waals surface area contributed by atoms with Gasteiger partial charge in [-0.1, -0.05) is 28.1 Å². The molecule has 2 N–H and O–H groups in total. The van der Waals surface area contributed by atoms with E-state index in [4.69, 9.17) is 5.11 Å². The molecule has 0 bridgehead atoms. The van der Waals surface area contributed by atoms with Crippen LogP contribution in [0.2, 0.25) is 0 Å². The molecule has 7 heteroatoms. The molecule has 1 aromatic carbocycles. The van der Waals surface area contributed by atoms with Crippen molar-refractivity contribution in [2.24, 2.45) is 0 Å². The number of halogens is 1. The molecular weight excluding hydrogens is 366 g/mol. The average Bonchev–Trinajstić information content (AvgIpc) is 2.72. The number of aliphatic carboxylic acids is 1. The lowest BCUT2D eigenvalue weighted by Gasteiger charge is -2.26. The van der Waals surface area contributed by atoms with E-state index in [-0.39, 0.29) is 30.7 Å². The summed E-state index contributed by atoms with van der Waals surface area (Å²) in [6.45, 7) is 1.44. The predicted octanol–water partition coefficient (Wildman–Crippen LogP) is 2.60. The number of rotatable bonds is 6. The molecule has 122 valence electrons. The molecule has 6 nitrogen and oxygen atoms in total. The van der Waals surface area contributed by atoms with Crippen molar-refractivity contribution in [2.45, 2.75) is 25.8 Å². The minimum atomic E-state index is -0.958. The molecular formula is C16H16BrNO5. The Morgan fingerprint density at radius 2 is 1.87 bits per heavy atom. The summed E-state index contributed by atoms with van der Waals surface area (Å²) in [5.74, 6) is -2.54. The number of hydrogen-bond acceptors (Lipinski definition) is 4. The second-order valence-corrected chi connectivity index (χ2v) is 6.18. The average molecular weight is 382 g/mol. The third-order valence-electron chi connectivity index (χ3n) is 3.66. The van der Waals surface area contributed by atoms with Gasteiger partial charge >= 0.3 is 5.97 Å². The lowest BCUT2D eigenvalue weighted by Crippen LogP contribution is -2.32. The highest BCUT2D eigenvalue weighted by atomic mass is 79.9. The lowest BCUT2D eigenvalue weighted by molar-refractivity contribution is -0.138. The molecule has 0 radical (unpaired) electrons. The van der Waals surface area contributed by atoms with E-state index in [1.807, 2.05) is 0 Å². The molecule has 0 saturated heterocycles. The third kappa shape index (κ3) is 3.61. The first-order valence-electron chi connectivity index (χ1n) is 7.05. The number of ketones is 1. The number of carboxylic acid groups (broad SMARTS) is 1. The van der Waals surface area contributed by atoms with Gasteiger partial charge in [0.25, 0.3) is 5.91 Å². The van der Waals surface area contributed by atoms with Gasteiger partial charge in [0.2, 0.25) is 0 Å². The molecule has 1 aliphatic rings. The van der Waals surface area contributed by atoms with Gasteiger partial charge < -0.3 is 15.1 Å². The molecule has 1 aromatic rings. The van der Waals surface area contributed by atoms with Crippen molar-refractivity contribution in [3.63, 3.8) is 0 Å². The minimum absolute atomic E-state index is 0.0487. The number of carbonyl (C=O) groups is 3. The number of aliphatic hydroxyl groups is 1. The Kier molecular flexibility index (Phi) is 5.20. The van der Waals surface area contributed by atoms with Crippen LogP contribution in [0.15, 0.2) is 40.1 Å². The van der Waals surface area contributed by atoms with Crippen LogP contribution in [-0.2, 0) is 14.4 Å². The largest absolute Gasteiger partial charge is 0.503 e. The van der Waals surface area contributed by atoms with Crippen LogP contribution < -0.4 is 0 Å². The number of benzene rings is 1. The van der Waals surface area contributed by atoms with Crippen molar-refractivity contribution in [1.82, 2.24) is 4.90 Å². The monoisotopic (exact) mass is 381 g/mol. The first kappa shape index (κ1) is 17.2. The zero-order valence-corrected chi connectivity index (χ0v) is 14.0. The summed E-state index contributed by atoms with van der Waals surface area (Å²) in [5, 5.41) is 18.8.